The summed E-state index contributed by atoms with van der Waals surface area (Å²) in [5, 5.41) is 6.66. The number of nitrogens with one attached hydrogen (secondary N) is 2. The first-order valence-corrected chi connectivity index (χ1v) is 10.5. The largest absolute Gasteiger partial charge is 0.356 e. The van der Waals surface area contributed by atoms with Gasteiger partial charge in [0.05, 0.1) is 5.41 Å². The highest BCUT2D eigenvalue weighted by molar-refractivity contribution is 14.0. The zero-order valence-corrected chi connectivity index (χ0v) is 20.1. The standard InChI is InChI=1S/C20H31FN4OS.HI/c1-22-19(23-13-6-14-27-17-9-7-16(21)8-10-17)24-15-20(11-4-5-12-20)18(26)25(2)3;/h7-10H,4-6,11-15H2,1-3H3,(H2,22,23,24);1H. The lowest BCUT2D eigenvalue weighted by Gasteiger charge is -2.31. The molecule has 0 radical (unpaired) electrons. The molecule has 0 unspecified atom stereocenters. The van der Waals surface area contributed by atoms with Gasteiger partial charge in [-0.15, -0.1) is 35.7 Å². The first kappa shape index (κ1) is 25.0. The van der Waals surface area contributed by atoms with Crippen molar-refractivity contribution in [3.63, 3.8) is 0 Å². The van der Waals surface area contributed by atoms with Crippen LogP contribution in [-0.2, 0) is 4.79 Å². The Balaban J connectivity index is 0.00000392. The number of aliphatic imine (C=N–C) groups is 1. The third-order valence-corrected chi connectivity index (χ3v) is 6.03. The summed E-state index contributed by atoms with van der Waals surface area (Å²) in [4.78, 5) is 19.7. The number of guanidine groups is 1. The van der Waals surface area contributed by atoms with Crippen LogP contribution >= 0.6 is 35.7 Å². The van der Waals surface area contributed by atoms with Gasteiger partial charge in [0.25, 0.3) is 0 Å². The monoisotopic (exact) mass is 522 g/mol. The average molecular weight is 522 g/mol. The van der Waals surface area contributed by atoms with E-state index in [0.717, 1.165) is 55.3 Å². The highest BCUT2D eigenvalue weighted by Gasteiger charge is 2.42. The summed E-state index contributed by atoms with van der Waals surface area (Å²) in [6, 6.07) is 6.58. The SMILES string of the molecule is CN=C(NCCCSc1ccc(F)cc1)NCC1(C(=O)N(C)C)CCCC1.I. The van der Waals surface area contributed by atoms with Crippen molar-refractivity contribution in [1.82, 2.24) is 15.5 Å². The van der Waals surface area contributed by atoms with Crippen molar-refractivity contribution in [3.05, 3.63) is 30.1 Å². The van der Waals surface area contributed by atoms with Gasteiger partial charge in [0.15, 0.2) is 5.96 Å². The fraction of sp³-hybridized carbons (Fsp3) is 0.600. The zero-order valence-electron chi connectivity index (χ0n) is 17.0. The van der Waals surface area contributed by atoms with Crippen LogP contribution in [0.4, 0.5) is 4.39 Å². The normalized spacial score (nSPS) is 15.6. The quantitative estimate of drug-likeness (QED) is 0.180. The lowest BCUT2D eigenvalue weighted by molar-refractivity contribution is -0.138. The van der Waals surface area contributed by atoms with Crippen LogP contribution < -0.4 is 10.6 Å². The van der Waals surface area contributed by atoms with E-state index in [2.05, 4.69) is 15.6 Å². The molecule has 0 bridgehead atoms. The maximum Gasteiger partial charge on any atom is 0.230 e. The Morgan fingerprint density at radius 3 is 2.43 bits per heavy atom. The average Bonchev–Trinajstić information content (AvgIpc) is 3.14. The third-order valence-electron chi connectivity index (χ3n) is 4.93. The van der Waals surface area contributed by atoms with Crippen LogP contribution in [0.15, 0.2) is 34.2 Å². The molecule has 1 aromatic rings. The van der Waals surface area contributed by atoms with E-state index in [1.54, 1.807) is 35.8 Å². The lowest BCUT2D eigenvalue weighted by Crippen LogP contribution is -2.49. The van der Waals surface area contributed by atoms with Crippen molar-refractivity contribution in [2.75, 3.05) is 40.0 Å². The topological polar surface area (TPSA) is 56.7 Å². The van der Waals surface area contributed by atoms with Gasteiger partial charge in [-0.2, -0.15) is 0 Å². The molecule has 0 saturated heterocycles. The van der Waals surface area contributed by atoms with E-state index in [0.29, 0.717) is 6.54 Å². The van der Waals surface area contributed by atoms with Gasteiger partial charge in [0, 0.05) is 39.1 Å². The van der Waals surface area contributed by atoms with Crippen molar-refractivity contribution >= 4 is 47.6 Å². The molecule has 28 heavy (non-hydrogen) atoms. The summed E-state index contributed by atoms with van der Waals surface area (Å²) >= 11 is 1.71. The summed E-state index contributed by atoms with van der Waals surface area (Å²) in [6.07, 6.45) is 5.04. The highest BCUT2D eigenvalue weighted by atomic mass is 127. The van der Waals surface area contributed by atoms with Crippen LogP contribution in [0.25, 0.3) is 0 Å². The predicted octanol–water partition coefficient (Wildman–Crippen LogP) is 3.74. The lowest BCUT2D eigenvalue weighted by atomic mass is 9.84. The van der Waals surface area contributed by atoms with E-state index >= 15 is 0 Å². The van der Waals surface area contributed by atoms with Gasteiger partial charge in [-0.25, -0.2) is 4.39 Å². The Labute approximate surface area is 189 Å². The van der Waals surface area contributed by atoms with Crippen molar-refractivity contribution in [2.45, 2.75) is 37.0 Å². The molecular weight excluding hydrogens is 490 g/mol. The van der Waals surface area contributed by atoms with Gasteiger partial charge in [0.2, 0.25) is 5.91 Å². The minimum atomic E-state index is -0.306. The number of hydrogen-bond acceptors (Lipinski definition) is 3. The number of amides is 1. The summed E-state index contributed by atoms with van der Waals surface area (Å²) < 4.78 is 12.9. The van der Waals surface area contributed by atoms with E-state index in [1.807, 2.05) is 14.1 Å². The zero-order chi connectivity index (χ0) is 19.7. The Bertz CT molecular complexity index is 634. The molecule has 2 N–H and O–H groups in total. The number of halogens is 2. The van der Waals surface area contributed by atoms with Gasteiger partial charge >= 0.3 is 0 Å². The van der Waals surface area contributed by atoms with Gasteiger partial charge in [-0.3, -0.25) is 9.79 Å². The highest BCUT2D eigenvalue weighted by Crippen LogP contribution is 2.38. The van der Waals surface area contributed by atoms with Gasteiger partial charge < -0.3 is 15.5 Å². The molecule has 1 aliphatic carbocycles. The molecule has 158 valence electrons. The number of benzene rings is 1. The van der Waals surface area contributed by atoms with E-state index in [4.69, 9.17) is 0 Å². The Hall–Kier alpha value is -1.03. The van der Waals surface area contributed by atoms with Gasteiger partial charge in [0.1, 0.15) is 5.82 Å². The summed E-state index contributed by atoms with van der Waals surface area (Å²) in [7, 11) is 5.40. The van der Waals surface area contributed by atoms with Crippen LogP contribution in [0.1, 0.15) is 32.1 Å². The molecule has 0 atom stereocenters. The summed E-state index contributed by atoms with van der Waals surface area (Å²) in [5.41, 5.74) is -0.306. The van der Waals surface area contributed by atoms with E-state index in [-0.39, 0.29) is 41.1 Å². The van der Waals surface area contributed by atoms with Gasteiger partial charge in [-0.1, -0.05) is 12.8 Å². The van der Waals surface area contributed by atoms with Crippen LogP contribution in [-0.4, -0.2) is 56.8 Å². The molecule has 2 rings (SSSR count). The maximum atomic E-state index is 12.9. The molecule has 1 saturated carbocycles. The van der Waals surface area contributed by atoms with Crippen molar-refractivity contribution < 1.29 is 9.18 Å². The molecule has 1 amide bonds. The molecule has 0 aliphatic heterocycles. The maximum absolute atomic E-state index is 12.9. The number of carbonyl (C=O) groups excluding carboxylic acids is 1. The number of thioether (sulfide) groups is 1. The predicted molar refractivity (Wildman–Crippen MR) is 126 cm³/mol. The smallest absolute Gasteiger partial charge is 0.230 e. The van der Waals surface area contributed by atoms with Crippen LogP contribution in [0.2, 0.25) is 0 Å². The fourth-order valence-electron chi connectivity index (χ4n) is 3.47. The molecule has 5 nitrogen and oxygen atoms in total. The first-order valence-electron chi connectivity index (χ1n) is 9.51. The second kappa shape index (κ2) is 12.5. The minimum absolute atomic E-state index is 0. The summed E-state index contributed by atoms with van der Waals surface area (Å²) in [6.45, 7) is 1.41. The van der Waals surface area contributed by atoms with E-state index in [1.165, 1.54) is 12.1 Å². The fourth-order valence-corrected chi connectivity index (χ4v) is 4.32. The molecule has 0 aromatic heterocycles. The molecule has 8 heteroatoms. The number of hydrogen-bond donors (Lipinski definition) is 2. The Morgan fingerprint density at radius 1 is 1.21 bits per heavy atom. The first-order chi connectivity index (χ1) is 13.0. The van der Waals surface area contributed by atoms with Crippen LogP contribution in [0.5, 0.6) is 0 Å². The number of carbonyl (C=O) groups is 1. The molecule has 1 aliphatic rings. The van der Waals surface area contributed by atoms with Gasteiger partial charge in [-0.05, 0) is 49.3 Å². The Morgan fingerprint density at radius 2 is 1.86 bits per heavy atom. The molecule has 1 aromatic carbocycles. The molecular formula is C20H32FIN4OS. The van der Waals surface area contributed by atoms with Crippen LogP contribution in [0.3, 0.4) is 0 Å². The van der Waals surface area contributed by atoms with E-state index < -0.39 is 0 Å². The number of nitrogens with zero attached hydrogens (tertiary/aromatic N) is 2. The molecule has 0 spiro atoms. The molecule has 0 heterocycles. The minimum Gasteiger partial charge on any atom is -0.356 e. The van der Waals surface area contributed by atoms with Crippen molar-refractivity contribution in [2.24, 2.45) is 10.4 Å². The molecule has 1 fully saturated rings. The summed E-state index contributed by atoms with van der Waals surface area (Å²) in [5.74, 6) is 1.68. The third kappa shape index (κ3) is 7.42. The second-order valence-corrected chi connectivity index (χ2v) is 8.36. The van der Waals surface area contributed by atoms with E-state index in [9.17, 15) is 9.18 Å². The second-order valence-electron chi connectivity index (χ2n) is 7.20. The number of rotatable bonds is 8. The Kier molecular flexibility index (Phi) is 11.2. The van der Waals surface area contributed by atoms with Crippen molar-refractivity contribution in [3.8, 4) is 0 Å². The van der Waals surface area contributed by atoms with Crippen molar-refractivity contribution in [1.29, 1.82) is 0 Å². The van der Waals surface area contributed by atoms with Crippen LogP contribution in [0, 0.1) is 11.2 Å².